The standard InChI is InChI=1S/C17H12ClF3N2O4/c18-13-5-8(17(19,20)21)7-22-15(13)27-10-3-1-9(2-4-10)23-14(24)11-6-12(11)16(25)26/h1-5,7,11-12H,6H2,(H,23,24)(H,25,26)/t11-,12+/m1/s1. The Bertz CT molecular complexity index is 887. The molecule has 0 spiro atoms. The Morgan fingerprint density at radius 3 is 2.41 bits per heavy atom. The number of amides is 1. The molecule has 1 fully saturated rings. The van der Waals surface area contributed by atoms with E-state index < -0.39 is 29.5 Å². The van der Waals surface area contributed by atoms with E-state index in [1.165, 1.54) is 24.3 Å². The van der Waals surface area contributed by atoms with E-state index in [2.05, 4.69) is 10.3 Å². The van der Waals surface area contributed by atoms with Crippen LogP contribution < -0.4 is 10.1 Å². The van der Waals surface area contributed by atoms with Gasteiger partial charge in [0.15, 0.2) is 0 Å². The second-order valence-electron chi connectivity index (χ2n) is 5.91. The molecule has 10 heteroatoms. The van der Waals surface area contributed by atoms with Gasteiger partial charge in [0.1, 0.15) is 10.8 Å². The molecule has 1 heterocycles. The van der Waals surface area contributed by atoms with Gasteiger partial charge in [0.05, 0.1) is 17.4 Å². The largest absolute Gasteiger partial charge is 0.481 e. The number of nitrogens with zero attached hydrogens (tertiary/aromatic N) is 1. The van der Waals surface area contributed by atoms with Crippen LogP contribution in [0.5, 0.6) is 11.6 Å². The highest BCUT2D eigenvalue weighted by molar-refractivity contribution is 6.31. The topological polar surface area (TPSA) is 88.5 Å². The Morgan fingerprint density at radius 1 is 1.22 bits per heavy atom. The van der Waals surface area contributed by atoms with Gasteiger partial charge in [0.25, 0.3) is 0 Å². The van der Waals surface area contributed by atoms with Crippen LogP contribution in [-0.2, 0) is 15.8 Å². The Kier molecular flexibility index (Phi) is 4.97. The Hall–Kier alpha value is -2.81. The summed E-state index contributed by atoms with van der Waals surface area (Å²) < 4.78 is 43.1. The summed E-state index contributed by atoms with van der Waals surface area (Å²) in [5, 5.41) is 11.1. The van der Waals surface area contributed by atoms with Crippen LogP contribution in [0, 0.1) is 11.8 Å². The van der Waals surface area contributed by atoms with Gasteiger partial charge in [-0.1, -0.05) is 11.6 Å². The van der Waals surface area contributed by atoms with Crippen LogP contribution >= 0.6 is 11.6 Å². The third-order valence-electron chi connectivity index (χ3n) is 3.92. The number of hydrogen-bond donors (Lipinski definition) is 2. The molecule has 1 saturated carbocycles. The molecule has 1 aromatic carbocycles. The number of pyridine rings is 1. The number of halogens is 4. The normalized spacial score (nSPS) is 18.7. The van der Waals surface area contributed by atoms with E-state index in [1.807, 2.05) is 0 Å². The number of hydrogen-bond acceptors (Lipinski definition) is 4. The lowest BCUT2D eigenvalue weighted by molar-refractivity contribution is -0.140. The first-order valence-electron chi connectivity index (χ1n) is 7.69. The van der Waals surface area contributed by atoms with Crippen molar-refractivity contribution in [3.63, 3.8) is 0 Å². The number of carboxylic acids is 1. The highest BCUT2D eigenvalue weighted by atomic mass is 35.5. The van der Waals surface area contributed by atoms with E-state index in [0.717, 1.165) is 0 Å². The molecule has 0 bridgehead atoms. The quantitative estimate of drug-likeness (QED) is 0.785. The van der Waals surface area contributed by atoms with Gasteiger partial charge in [-0.05, 0) is 36.8 Å². The average Bonchev–Trinajstić information content (AvgIpc) is 3.38. The molecule has 6 nitrogen and oxygen atoms in total. The zero-order valence-corrected chi connectivity index (χ0v) is 14.2. The summed E-state index contributed by atoms with van der Waals surface area (Å²) in [6.45, 7) is 0. The average molecular weight is 401 g/mol. The van der Waals surface area contributed by atoms with Crippen molar-refractivity contribution in [2.75, 3.05) is 5.32 Å². The molecule has 142 valence electrons. The van der Waals surface area contributed by atoms with Gasteiger partial charge in [-0.25, -0.2) is 4.98 Å². The molecular weight excluding hydrogens is 389 g/mol. The third-order valence-corrected chi connectivity index (χ3v) is 4.19. The first kappa shape index (κ1) is 19.0. The van der Waals surface area contributed by atoms with Crippen molar-refractivity contribution in [2.24, 2.45) is 11.8 Å². The van der Waals surface area contributed by atoms with Crippen LogP contribution in [0.25, 0.3) is 0 Å². The van der Waals surface area contributed by atoms with Crippen LogP contribution in [0.2, 0.25) is 5.02 Å². The van der Waals surface area contributed by atoms with Crippen molar-refractivity contribution in [1.29, 1.82) is 0 Å². The number of carboxylic acid groups (broad SMARTS) is 1. The SMILES string of the molecule is O=C(O)[C@H]1C[C@H]1C(=O)Nc1ccc(Oc2ncc(C(F)(F)F)cc2Cl)cc1. The smallest absolute Gasteiger partial charge is 0.417 e. The monoisotopic (exact) mass is 400 g/mol. The lowest BCUT2D eigenvalue weighted by atomic mass is 10.2. The summed E-state index contributed by atoms with van der Waals surface area (Å²) in [5.41, 5.74) is -0.562. The van der Waals surface area contributed by atoms with Crippen molar-refractivity contribution in [3.05, 3.63) is 47.1 Å². The number of nitrogens with one attached hydrogen (secondary N) is 1. The molecule has 0 unspecified atom stereocenters. The Labute approximate surface area is 155 Å². The highest BCUT2D eigenvalue weighted by Gasteiger charge is 2.48. The minimum atomic E-state index is -4.56. The van der Waals surface area contributed by atoms with Gasteiger partial charge in [-0.2, -0.15) is 13.2 Å². The minimum Gasteiger partial charge on any atom is -0.481 e. The maximum absolute atomic E-state index is 12.6. The summed E-state index contributed by atoms with van der Waals surface area (Å²) in [5.74, 6) is -2.53. The second-order valence-corrected chi connectivity index (χ2v) is 6.32. The van der Waals surface area contributed by atoms with Crippen molar-refractivity contribution in [3.8, 4) is 11.6 Å². The number of carbonyl (C=O) groups excluding carboxylic acids is 1. The fourth-order valence-electron chi connectivity index (χ4n) is 2.37. The molecule has 0 radical (unpaired) electrons. The molecule has 0 aliphatic heterocycles. The Balaban J connectivity index is 1.63. The van der Waals surface area contributed by atoms with Gasteiger partial charge >= 0.3 is 12.1 Å². The number of ether oxygens (including phenoxy) is 1. The second kappa shape index (κ2) is 7.07. The molecule has 27 heavy (non-hydrogen) atoms. The number of rotatable bonds is 5. The predicted molar refractivity (Wildman–Crippen MR) is 88.6 cm³/mol. The molecule has 2 N–H and O–H groups in total. The van der Waals surface area contributed by atoms with Crippen LogP contribution in [0.15, 0.2) is 36.5 Å². The highest BCUT2D eigenvalue weighted by Crippen LogP contribution is 2.39. The minimum absolute atomic E-state index is 0.191. The number of anilines is 1. The van der Waals surface area contributed by atoms with E-state index in [4.69, 9.17) is 21.4 Å². The zero-order chi connectivity index (χ0) is 19.8. The van der Waals surface area contributed by atoms with E-state index >= 15 is 0 Å². The van der Waals surface area contributed by atoms with E-state index in [1.54, 1.807) is 0 Å². The fraction of sp³-hybridized carbons (Fsp3) is 0.235. The van der Waals surface area contributed by atoms with Crippen molar-refractivity contribution >= 4 is 29.2 Å². The number of aromatic nitrogens is 1. The van der Waals surface area contributed by atoms with Gasteiger partial charge in [0.2, 0.25) is 11.8 Å². The molecule has 3 rings (SSSR count). The fourth-order valence-corrected chi connectivity index (χ4v) is 2.57. The lowest BCUT2D eigenvalue weighted by Gasteiger charge is -2.10. The number of alkyl halides is 3. The summed E-state index contributed by atoms with van der Waals surface area (Å²) in [7, 11) is 0. The predicted octanol–water partition coefficient (Wildman–Crippen LogP) is 4.21. The van der Waals surface area contributed by atoms with Gasteiger partial charge in [0, 0.05) is 11.9 Å². The molecule has 2 atom stereocenters. The van der Waals surface area contributed by atoms with Crippen molar-refractivity contribution in [1.82, 2.24) is 4.98 Å². The molecule has 2 aromatic rings. The molecule has 0 saturated heterocycles. The lowest BCUT2D eigenvalue weighted by Crippen LogP contribution is -2.16. The van der Waals surface area contributed by atoms with E-state index in [-0.39, 0.29) is 22.6 Å². The van der Waals surface area contributed by atoms with Gasteiger partial charge in [-0.15, -0.1) is 0 Å². The van der Waals surface area contributed by atoms with Crippen molar-refractivity contribution < 1.29 is 32.6 Å². The van der Waals surface area contributed by atoms with Gasteiger partial charge in [-0.3, -0.25) is 9.59 Å². The summed E-state index contributed by atoms with van der Waals surface area (Å²) >= 11 is 5.77. The first-order valence-corrected chi connectivity index (χ1v) is 8.07. The molecule has 1 aromatic heterocycles. The molecule has 1 aliphatic rings. The van der Waals surface area contributed by atoms with E-state index in [9.17, 15) is 22.8 Å². The Morgan fingerprint density at radius 2 is 1.89 bits per heavy atom. The maximum atomic E-state index is 12.6. The number of carbonyl (C=O) groups is 2. The van der Waals surface area contributed by atoms with Crippen molar-refractivity contribution in [2.45, 2.75) is 12.6 Å². The first-order chi connectivity index (χ1) is 12.6. The van der Waals surface area contributed by atoms with Crippen LogP contribution in [0.1, 0.15) is 12.0 Å². The van der Waals surface area contributed by atoms with E-state index in [0.29, 0.717) is 24.4 Å². The third kappa shape index (κ3) is 4.48. The number of aliphatic carboxylic acids is 1. The summed E-state index contributed by atoms with van der Waals surface area (Å²) in [4.78, 5) is 26.2. The summed E-state index contributed by atoms with van der Waals surface area (Å²) in [6, 6.07) is 6.65. The van der Waals surface area contributed by atoms with Gasteiger partial charge < -0.3 is 15.2 Å². The maximum Gasteiger partial charge on any atom is 0.417 e. The summed E-state index contributed by atoms with van der Waals surface area (Å²) in [6.07, 6.45) is -3.64. The number of benzene rings is 1. The van der Waals surface area contributed by atoms with Crippen LogP contribution in [-0.4, -0.2) is 22.0 Å². The molecule has 1 amide bonds. The molecule has 1 aliphatic carbocycles. The van der Waals surface area contributed by atoms with Crippen LogP contribution in [0.3, 0.4) is 0 Å². The van der Waals surface area contributed by atoms with Crippen LogP contribution in [0.4, 0.5) is 18.9 Å². The zero-order valence-electron chi connectivity index (χ0n) is 13.5. The molecular formula is C17H12ClF3N2O4.